The van der Waals surface area contributed by atoms with Gasteiger partial charge in [0.2, 0.25) is 0 Å². The minimum atomic E-state index is -0.136. The van der Waals surface area contributed by atoms with Gasteiger partial charge in [-0.05, 0) is 36.5 Å². The highest BCUT2D eigenvalue weighted by atomic mass is 15.3. The standard InChI is InChI=1S/C16H30N4/c1-12(2)9-20-14(18-11-19-20)8-16(17)7-13(3)6-15(4,5)10-16/h11-13H,6-10,17H2,1-5H3. The second-order valence-corrected chi connectivity index (χ2v) is 8.15. The first kappa shape index (κ1) is 15.5. The van der Waals surface area contributed by atoms with Crippen molar-refractivity contribution in [2.24, 2.45) is 23.0 Å². The molecule has 0 radical (unpaired) electrons. The molecule has 2 N–H and O–H groups in total. The van der Waals surface area contributed by atoms with Gasteiger partial charge in [-0.25, -0.2) is 9.67 Å². The zero-order valence-corrected chi connectivity index (χ0v) is 13.7. The second kappa shape index (κ2) is 5.47. The van der Waals surface area contributed by atoms with E-state index in [9.17, 15) is 0 Å². The van der Waals surface area contributed by atoms with Crippen LogP contribution in [0, 0.1) is 17.3 Å². The second-order valence-electron chi connectivity index (χ2n) is 8.15. The van der Waals surface area contributed by atoms with Crippen molar-refractivity contribution in [1.29, 1.82) is 0 Å². The predicted molar refractivity (Wildman–Crippen MR) is 82.3 cm³/mol. The maximum atomic E-state index is 6.73. The first-order chi connectivity index (χ1) is 9.19. The van der Waals surface area contributed by atoms with E-state index in [1.165, 1.54) is 6.42 Å². The summed E-state index contributed by atoms with van der Waals surface area (Å²) in [5.74, 6) is 2.31. The minimum absolute atomic E-state index is 0.136. The molecule has 4 heteroatoms. The molecule has 2 unspecified atom stereocenters. The Balaban J connectivity index is 2.14. The molecule has 20 heavy (non-hydrogen) atoms. The van der Waals surface area contributed by atoms with E-state index in [0.717, 1.165) is 31.6 Å². The van der Waals surface area contributed by atoms with E-state index < -0.39 is 0 Å². The molecule has 1 saturated carbocycles. The van der Waals surface area contributed by atoms with E-state index in [2.05, 4.69) is 44.7 Å². The third-order valence-electron chi connectivity index (χ3n) is 4.23. The van der Waals surface area contributed by atoms with Crippen LogP contribution in [0.4, 0.5) is 0 Å². The van der Waals surface area contributed by atoms with Crippen LogP contribution in [0.2, 0.25) is 0 Å². The van der Waals surface area contributed by atoms with Gasteiger partial charge >= 0.3 is 0 Å². The number of hydrogen-bond acceptors (Lipinski definition) is 3. The summed E-state index contributed by atoms with van der Waals surface area (Å²) in [7, 11) is 0. The summed E-state index contributed by atoms with van der Waals surface area (Å²) in [5.41, 5.74) is 6.93. The van der Waals surface area contributed by atoms with Gasteiger partial charge in [0.25, 0.3) is 0 Å². The van der Waals surface area contributed by atoms with Crippen LogP contribution in [0.25, 0.3) is 0 Å². The van der Waals surface area contributed by atoms with Crippen LogP contribution in [0.5, 0.6) is 0 Å². The SMILES string of the molecule is CC(C)Cn1ncnc1CC1(N)CC(C)CC(C)(C)C1. The van der Waals surface area contributed by atoms with Crippen molar-refractivity contribution in [3.63, 3.8) is 0 Å². The van der Waals surface area contributed by atoms with Crippen molar-refractivity contribution >= 4 is 0 Å². The van der Waals surface area contributed by atoms with Gasteiger partial charge in [-0.15, -0.1) is 0 Å². The van der Waals surface area contributed by atoms with Crippen molar-refractivity contribution in [3.05, 3.63) is 12.2 Å². The van der Waals surface area contributed by atoms with Gasteiger partial charge in [0, 0.05) is 18.5 Å². The van der Waals surface area contributed by atoms with E-state index in [4.69, 9.17) is 5.73 Å². The fourth-order valence-electron chi connectivity index (χ4n) is 4.18. The molecule has 2 rings (SSSR count). The Morgan fingerprint density at radius 3 is 2.70 bits per heavy atom. The molecule has 0 bridgehead atoms. The van der Waals surface area contributed by atoms with Gasteiger partial charge < -0.3 is 5.73 Å². The number of rotatable bonds is 4. The lowest BCUT2D eigenvalue weighted by Crippen LogP contribution is -2.51. The van der Waals surface area contributed by atoms with E-state index >= 15 is 0 Å². The maximum Gasteiger partial charge on any atom is 0.138 e. The first-order valence-electron chi connectivity index (χ1n) is 7.85. The Hall–Kier alpha value is -0.900. The zero-order valence-electron chi connectivity index (χ0n) is 13.7. The highest BCUT2D eigenvalue weighted by Crippen LogP contribution is 2.43. The van der Waals surface area contributed by atoms with Gasteiger partial charge in [0.1, 0.15) is 12.2 Å². The summed E-state index contributed by atoms with van der Waals surface area (Å²) >= 11 is 0. The van der Waals surface area contributed by atoms with E-state index in [0.29, 0.717) is 17.3 Å². The molecule has 2 atom stereocenters. The van der Waals surface area contributed by atoms with Crippen LogP contribution >= 0.6 is 0 Å². The monoisotopic (exact) mass is 278 g/mol. The molecule has 1 aliphatic rings. The average molecular weight is 278 g/mol. The molecule has 4 nitrogen and oxygen atoms in total. The van der Waals surface area contributed by atoms with Crippen molar-refractivity contribution in [3.8, 4) is 0 Å². The Morgan fingerprint density at radius 2 is 2.10 bits per heavy atom. The lowest BCUT2D eigenvalue weighted by Gasteiger charge is -2.45. The lowest BCUT2D eigenvalue weighted by atomic mass is 9.63. The van der Waals surface area contributed by atoms with E-state index in [1.807, 2.05) is 4.68 Å². The predicted octanol–water partition coefficient (Wildman–Crippen LogP) is 3.02. The summed E-state index contributed by atoms with van der Waals surface area (Å²) in [6, 6.07) is 0. The molecule has 114 valence electrons. The summed E-state index contributed by atoms with van der Waals surface area (Å²) in [4.78, 5) is 4.45. The molecule has 1 fully saturated rings. The van der Waals surface area contributed by atoms with Crippen LogP contribution in [-0.4, -0.2) is 20.3 Å². The van der Waals surface area contributed by atoms with Gasteiger partial charge in [0.15, 0.2) is 0 Å². The molecular formula is C16H30N4. The maximum absolute atomic E-state index is 6.73. The fraction of sp³-hybridized carbons (Fsp3) is 0.875. The molecule has 1 aromatic rings. The van der Waals surface area contributed by atoms with Crippen molar-refractivity contribution in [2.75, 3.05) is 0 Å². The third-order valence-corrected chi connectivity index (χ3v) is 4.23. The number of nitrogens with zero attached hydrogens (tertiary/aromatic N) is 3. The fourth-order valence-corrected chi connectivity index (χ4v) is 4.18. The molecule has 1 aliphatic carbocycles. The topological polar surface area (TPSA) is 56.7 Å². The van der Waals surface area contributed by atoms with Crippen LogP contribution in [0.3, 0.4) is 0 Å². The minimum Gasteiger partial charge on any atom is -0.325 e. The molecule has 0 aromatic carbocycles. The van der Waals surface area contributed by atoms with Gasteiger partial charge in [-0.1, -0.05) is 34.6 Å². The van der Waals surface area contributed by atoms with Crippen molar-refractivity contribution < 1.29 is 0 Å². The van der Waals surface area contributed by atoms with Crippen molar-refractivity contribution in [1.82, 2.24) is 14.8 Å². The summed E-state index contributed by atoms with van der Waals surface area (Å²) in [5, 5.41) is 4.36. The Kier molecular flexibility index (Phi) is 4.24. The Bertz CT molecular complexity index is 449. The number of aromatic nitrogens is 3. The van der Waals surface area contributed by atoms with Crippen molar-refractivity contribution in [2.45, 2.75) is 72.4 Å². The van der Waals surface area contributed by atoms with Crippen LogP contribution < -0.4 is 5.73 Å². The highest BCUT2D eigenvalue weighted by Gasteiger charge is 2.41. The molecule has 0 spiro atoms. The first-order valence-corrected chi connectivity index (χ1v) is 7.85. The lowest BCUT2D eigenvalue weighted by molar-refractivity contribution is 0.106. The summed E-state index contributed by atoms with van der Waals surface area (Å²) in [6.07, 6.45) is 5.93. The van der Waals surface area contributed by atoms with Crippen LogP contribution in [0.1, 0.15) is 59.7 Å². The molecule has 0 amide bonds. The number of hydrogen-bond donors (Lipinski definition) is 1. The van der Waals surface area contributed by atoms with E-state index in [-0.39, 0.29) is 5.54 Å². The summed E-state index contributed by atoms with van der Waals surface area (Å²) in [6.45, 7) is 12.3. The van der Waals surface area contributed by atoms with E-state index in [1.54, 1.807) is 6.33 Å². The smallest absolute Gasteiger partial charge is 0.138 e. The molecule has 1 aromatic heterocycles. The summed E-state index contributed by atoms with van der Waals surface area (Å²) < 4.78 is 2.03. The van der Waals surface area contributed by atoms with Crippen LogP contribution in [-0.2, 0) is 13.0 Å². The number of nitrogens with two attached hydrogens (primary N) is 1. The molecule has 0 aliphatic heterocycles. The molecule has 1 heterocycles. The quantitative estimate of drug-likeness (QED) is 0.921. The molecular weight excluding hydrogens is 248 g/mol. The average Bonchev–Trinajstić information content (AvgIpc) is 2.59. The van der Waals surface area contributed by atoms with Gasteiger partial charge in [0.05, 0.1) is 0 Å². The van der Waals surface area contributed by atoms with Crippen LogP contribution in [0.15, 0.2) is 6.33 Å². The Morgan fingerprint density at radius 1 is 1.40 bits per heavy atom. The zero-order chi connectivity index (χ0) is 15.0. The Labute approximate surface area is 123 Å². The largest absolute Gasteiger partial charge is 0.325 e. The highest BCUT2D eigenvalue weighted by molar-refractivity contribution is 5.03. The van der Waals surface area contributed by atoms with Gasteiger partial charge in [-0.3, -0.25) is 0 Å². The molecule has 0 saturated heterocycles. The third kappa shape index (κ3) is 3.81. The van der Waals surface area contributed by atoms with Gasteiger partial charge in [-0.2, -0.15) is 5.10 Å². The normalized spacial score (nSPS) is 29.9.